The number of nitrogens with zero attached hydrogens (tertiary/aromatic N) is 3. The fraction of sp³-hybridized carbons (Fsp3) is 0.421. The second kappa shape index (κ2) is 6.78. The molecule has 2 aliphatic heterocycles. The molecule has 2 aromatic rings. The van der Waals surface area contributed by atoms with E-state index in [-0.39, 0.29) is 36.9 Å². The summed E-state index contributed by atoms with van der Waals surface area (Å²) in [6.07, 6.45) is -4.49. The third-order valence-electron chi connectivity index (χ3n) is 5.51. The second-order valence-corrected chi connectivity index (χ2v) is 7.25. The number of anilines is 1. The van der Waals surface area contributed by atoms with E-state index in [9.17, 15) is 22.8 Å². The average Bonchev–Trinajstić information content (AvgIpc) is 3.00. The minimum atomic E-state index is -4.39. The number of halogens is 3. The van der Waals surface area contributed by atoms with Gasteiger partial charge in [-0.2, -0.15) is 13.2 Å². The van der Waals surface area contributed by atoms with Gasteiger partial charge in [0.05, 0.1) is 17.3 Å². The van der Waals surface area contributed by atoms with Crippen molar-refractivity contribution >= 4 is 17.5 Å². The Labute approximate surface area is 164 Å². The van der Waals surface area contributed by atoms with Crippen LogP contribution in [0.2, 0.25) is 0 Å². The van der Waals surface area contributed by atoms with Gasteiger partial charge < -0.3 is 19.9 Å². The molecule has 2 amide bonds. The first-order valence-corrected chi connectivity index (χ1v) is 9.13. The quantitative estimate of drug-likeness (QED) is 0.825. The van der Waals surface area contributed by atoms with Crippen molar-refractivity contribution in [1.82, 2.24) is 9.55 Å². The number of amides is 2. The molecule has 0 saturated carbocycles. The number of aromatic nitrogens is 2. The van der Waals surface area contributed by atoms with Crippen LogP contribution in [0.3, 0.4) is 0 Å². The van der Waals surface area contributed by atoms with E-state index in [1.165, 1.54) is 9.47 Å². The number of para-hydroxylation sites is 2. The molecule has 1 aromatic heterocycles. The van der Waals surface area contributed by atoms with E-state index >= 15 is 0 Å². The molecule has 1 aromatic carbocycles. The van der Waals surface area contributed by atoms with Crippen LogP contribution in [-0.4, -0.2) is 41.2 Å². The first-order chi connectivity index (χ1) is 13.7. The van der Waals surface area contributed by atoms with Crippen molar-refractivity contribution in [2.45, 2.75) is 31.5 Å². The van der Waals surface area contributed by atoms with Crippen molar-refractivity contribution in [3.63, 3.8) is 0 Å². The molecule has 7 nitrogen and oxygen atoms in total. The van der Waals surface area contributed by atoms with Gasteiger partial charge in [-0.3, -0.25) is 9.59 Å². The highest BCUT2D eigenvalue weighted by Gasteiger charge is 2.44. The van der Waals surface area contributed by atoms with Crippen molar-refractivity contribution < 1.29 is 27.5 Å². The summed E-state index contributed by atoms with van der Waals surface area (Å²) in [5, 5.41) is 0. The molecule has 2 aliphatic rings. The van der Waals surface area contributed by atoms with Gasteiger partial charge in [0, 0.05) is 19.3 Å². The minimum absolute atomic E-state index is 0.0366. The number of likely N-dealkylation sites (N-methyl/N-ethyl adjacent to an activating group) is 1. The normalized spacial score (nSPS) is 21.8. The van der Waals surface area contributed by atoms with E-state index < -0.39 is 30.5 Å². The van der Waals surface area contributed by atoms with E-state index in [0.717, 1.165) is 0 Å². The third-order valence-corrected chi connectivity index (χ3v) is 5.51. The Morgan fingerprint density at radius 2 is 2.03 bits per heavy atom. The summed E-state index contributed by atoms with van der Waals surface area (Å²) >= 11 is 0. The van der Waals surface area contributed by atoms with E-state index in [4.69, 9.17) is 10.5 Å². The van der Waals surface area contributed by atoms with Crippen molar-refractivity contribution in [2.24, 2.45) is 11.7 Å². The number of hydrogen-bond acceptors (Lipinski definition) is 4. The molecule has 4 rings (SSSR count). The molecular weight excluding hydrogens is 389 g/mol. The second-order valence-electron chi connectivity index (χ2n) is 7.25. The van der Waals surface area contributed by atoms with Crippen molar-refractivity contribution in [3.8, 4) is 5.75 Å². The van der Waals surface area contributed by atoms with Gasteiger partial charge in [-0.05, 0) is 25.0 Å². The molecular formula is C19H19F3N4O3. The van der Waals surface area contributed by atoms with Gasteiger partial charge in [-0.15, -0.1) is 0 Å². The van der Waals surface area contributed by atoms with Gasteiger partial charge in [0.1, 0.15) is 18.3 Å². The summed E-state index contributed by atoms with van der Waals surface area (Å²) < 4.78 is 46.6. The molecule has 0 bridgehead atoms. The Bertz CT molecular complexity index is 986. The largest absolute Gasteiger partial charge is 0.490 e. The van der Waals surface area contributed by atoms with Crippen LogP contribution in [0.5, 0.6) is 5.75 Å². The Kier molecular flexibility index (Phi) is 4.51. The number of primary amides is 1. The first kappa shape index (κ1) is 19.3. The van der Waals surface area contributed by atoms with E-state index in [2.05, 4.69) is 4.98 Å². The highest BCUT2D eigenvalue weighted by Crippen LogP contribution is 2.39. The molecule has 0 saturated heterocycles. The van der Waals surface area contributed by atoms with Gasteiger partial charge >= 0.3 is 6.18 Å². The Hall–Kier alpha value is -3.04. The summed E-state index contributed by atoms with van der Waals surface area (Å²) in [5.74, 6) is -3.44. The van der Waals surface area contributed by atoms with Crippen LogP contribution < -0.4 is 15.4 Å². The number of carbonyl (C=O) groups is 2. The summed E-state index contributed by atoms with van der Waals surface area (Å²) in [6.45, 7) is -0.479. The van der Waals surface area contributed by atoms with Gasteiger partial charge in [0.15, 0.2) is 5.82 Å². The summed E-state index contributed by atoms with van der Waals surface area (Å²) in [4.78, 5) is 30.6. The number of rotatable bonds is 2. The Morgan fingerprint density at radius 1 is 1.31 bits per heavy atom. The molecule has 10 heteroatoms. The number of fused-ring (bicyclic) bond motifs is 2. The predicted molar refractivity (Wildman–Crippen MR) is 96.7 cm³/mol. The fourth-order valence-electron chi connectivity index (χ4n) is 3.97. The van der Waals surface area contributed by atoms with Crippen molar-refractivity contribution in [1.29, 1.82) is 0 Å². The third kappa shape index (κ3) is 3.22. The lowest BCUT2D eigenvalue weighted by molar-refractivity contribution is -0.182. The fourth-order valence-corrected chi connectivity index (χ4v) is 3.97. The lowest BCUT2D eigenvalue weighted by Gasteiger charge is -2.28. The number of imidazole rings is 1. The number of carbonyl (C=O) groups excluding carboxylic acids is 2. The van der Waals surface area contributed by atoms with Crippen molar-refractivity contribution in [2.75, 3.05) is 18.6 Å². The van der Waals surface area contributed by atoms with E-state index in [1.807, 2.05) is 0 Å². The Balaban J connectivity index is 1.75. The van der Waals surface area contributed by atoms with Gasteiger partial charge in [0.2, 0.25) is 5.91 Å². The maximum atomic E-state index is 13.2. The van der Waals surface area contributed by atoms with Crippen LogP contribution in [0, 0.1) is 5.92 Å². The van der Waals surface area contributed by atoms with Gasteiger partial charge in [-0.25, -0.2) is 4.98 Å². The average molecular weight is 408 g/mol. The Morgan fingerprint density at radius 3 is 2.72 bits per heavy atom. The summed E-state index contributed by atoms with van der Waals surface area (Å²) in [7, 11) is 1.60. The zero-order valence-corrected chi connectivity index (χ0v) is 15.6. The maximum Gasteiger partial charge on any atom is 0.393 e. The highest BCUT2D eigenvalue weighted by atomic mass is 19.4. The standard InChI is InChI=1S/C19H19F3N4O3/c1-25-12-4-2-3-5-14(12)29-9-11(18(25)28)15-13-7-6-10(19(20,21)22)8-26(13)17(24-15)16(23)27/h2-5,10-11H,6-9H2,1H3,(H2,23,27)/t10?,11-/m1/s1. The molecule has 0 spiro atoms. The summed E-state index contributed by atoms with van der Waals surface area (Å²) in [5.41, 5.74) is 6.64. The predicted octanol–water partition coefficient (Wildman–Crippen LogP) is 2.25. The number of ether oxygens (including phenoxy) is 1. The van der Waals surface area contributed by atoms with E-state index in [0.29, 0.717) is 17.1 Å². The molecule has 3 heterocycles. The monoisotopic (exact) mass is 408 g/mol. The molecule has 2 atom stereocenters. The number of nitrogens with two attached hydrogens (primary N) is 1. The van der Waals surface area contributed by atoms with Gasteiger partial charge in [-0.1, -0.05) is 12.1 Å². The van der Waals surface area contributed by atoms with Crippen LogP contribution in [0.1, 0.15) is 34.3 Å². The molecule has 0 aliphatic carbocycles. The number of benzene rings is 1. The zero-order chi connectivity index (χ0) is 20.9. The van der Waals surface area contributed by atoms with Crippen LogP contribution in [0.15, 0.2) is 24.3 Å². The lowest BCUT2D eigenvalue weighted by Crippen LogP contribution is -2.35. The topological polar surface area (TPSA) is 90.5 Å². The molecule has 0 radical (unpaired) electrons. The lowest BCUT2D eigenvalue weighted by atomic mass is 9.93. The van der Waals surface area contributed by atoms with Crippen LogP contribution in [0.4, 0.5) is 18.9 Å². The highest BCUT2D eigenvalue weighted by molar-refractivity contribution is 6.00. The van der Waals surface area contributed by atoms with E-state index in [1.54, 1.807) is 31.3 Å². The number of alkyl halides is 3. The molecule has 29 heavy (non-hydrogen) atoms. The van der Waals surface area contributed by atoms with Crippen LogP contribution >= 0.6 is 0 Å². The molecule has 154 valence electrons. The van der Waals surface area contributed by atoms with Crippen LogP contribution in [-0.2, 0) is 17.8 Å². The van der Waals surface area contributed by atoms with Crippen LogP contribution in [0.25, 0.3) is 0 Å². The first-order valence-electron chi connectivity index (χ1n) is 9.13. The van der Waals surface area contributed by atoms with Crippen molar-refractivity contribution in [3.05, 3.63) is 41.5 Å². The molecule has 2 N–H and O–H groups in total. The number of hydrogen-bond donors (Lipinski definition) is 1. The summed E-state index contributed by atoms with van der Waals surface area (Å²) in [6, 6.07) is 7.01. The smallest absolute Gasteiger partial charge is 0.393 e. The SMILES string of the molecule is CN1C(=O)[C@@H](c2nc(C(N)=O)n3c2CCC(C(F)(F)F)C3)COc2ccccc21. The maximum absolute atomic E-state index is 13.2. The zero-order valence-electron chi connectivity index (χ0n) is 15.6. The van der Waals surface area contributed by atoms with Gasteiger partial charge in [0.25, 0.3) is 5.91 Å². The minimum Gasteiger partial charge on any atom is -0.490 e. The molecule has 0 fully saturated rings. The molecule has 1 unspecified atom stereocenters.